The van der Waals surface area contributed by atoms with E-state index < -0.39 is 0 Å². The first-order chi connectivity index (χ1) is 15.9. The van der Waals surface area contributed by atoms with Crippen LogP contribution in [0.5, 0.6) is 0 Å². The van der Waals surface area contributed by atoms with E-state index in [0.717, 1.165) is 22.6 Å². The molecule has 154 valence electrons. The molecule has 0 spiro atoms. The third-order valence-corrected chi connectivity index (χ3v) is 7.07. The van der Waals surface area contributed by atoms with Crippen LogP contribution in [-0.4, -0.2) is 4.98 Å². The number of fused-ring (bicyclic) bond motifs is 6. The lowest BCUT2D eigenvalue weighted by Crippen LogP contribution is -2.09. The van der Waals surface area contributed by atoms with E-state index in [1.165, 1.54) is 25.7 Å². The molecule has 6 rings (SSSR count). The Morgan fingerprint density at radius 3 is 2.59 bits per heavy atom. The molecular weight excluding hydrogens is 410 g/mol. The molecule has 0 fully saturated rings. The minimum absolute atomic E-state index is 0.0239. The maximum Gasteiger partial charge on any atom is 0.137 e. The van der Waals surface area contributed by atoms with Gasteiger partial charge in [-0.2, -0.15) is 0 Å². The van der Waals surface area contributed by atoms with Crippen LogP contribution >= 0.6 is 11.3 Å². The highest BCUT2D eigenvalue weighted by Crippen LogP contribution is 2.40. The number of hydrogen-bond acceptors (Lipinski definition) is 4. The van der Waals surface area contributed by atoms with Crippen LogP contribution < -0.4 is 10.6 Å². The number of hydrogen-bond donors (Lipinski definition) is 2. The highest BCUT2D eigenvalue weighted by Gasteiger charge is 2.18. The molecule has 32 heavy (non-hydrogen) atoms. The maximum absolute atomic E-state index is 4.55. The zero-order valence-corrected chi connectivity index (χ0v) is 18.1. The van der Waals surface area contributed by atoms with E-state index in [1.54, 1.807) is 0 Å². The molecule has 2 N–H and O–H groups in total. The summed E-state index contributed by atoms with van der Waals surface area (Å²) in [6.07, 6.45) is 10.1. The Morgan fingerprint density at radius 1 is 0.750 bits per heavy atom. The Bertz CT molecular complexity index is 1500. The second-order valence-electron chi connectivity index (χ2n) is 7.78. The van der Waals surface area contributed by atoms with Crippen molar-refractivity contribution in [2.75, 3.05) is 10.6 Å². The van der Waals surface area contributed by atoms with E-state index in [0.29, 0.717) is 0 Å². The molecule has 0 bridgehead atoms. The molecule has 0 amide bonds. The lowest BCUT2D eigenvalue weighted by molar-refractivity contribution is 1.00. The van der Waals surface area contributed by atoms with Crippen molar-refractivity contribution < 1.29 is 0 Å². The zero-order valence-electron chi connectivity index (χ0n) is 17.3. The van der Waals surface area contributed by atoms with Gasteiger partial charge in [0.15, 0.2) is 0 Å². The molecular formula is C28H21N3S. The topological polar surface area (TPSA) is 37.0 Å². The summed E-state index contributed by atoms with van der Waals surface area (Å²) in [4.78, 5) is 4.55. The summed E-state index contributed by atoms with van der Waals surface area (Å²) in [6.45, 7) is 0. The normalized spacial score (nSPS) is 17.4. The van der Waals surface area contributed by atoms with Gasteiger partial charge in [0, 0.05) is 49.4 Å². The molecule has 0 saturated carbocycles. The minimum atomic E-state index is 0.0239. The van der Waals surface area contributed by atoms with Gasteiger partial charge >= 0.3 is 0 Å². The van der Waals surface area contributed by atoms with Crippen LogP contribution in [-0.2, 0) is 0 Å². The van der Waals surface area contributed by atoms with Crippen LogP contribution in [0.1, 0.15) is 11.6 Å². The maximum atomic E-state index is 4.55. The first-order valence-corrected chi connectivity index (χ1v) is 11.5. The lowest BCUT2D eigenvalue weighted by Gasteiger charge is -2.21. The average Bonchev–Trinajstić information content (AvgIpc) is 3.21. The predicted octanol–water partition coefficient (Wildman–Crippen LogP) is 7.77. The van der Waals surface area contributed by atoms with E-state index in [9.17, 15) is 0 Å². The van der Waals surface area contributed by atoms with Crippen molar-refractivity contribution in [3.05, 3.63) is 115 Å². The van der Waals surface area contributed by atoms with Crippen LogP contribution in [0, 0.1) is 0 Å². The number of benzene rings is 3. The number of aromatic nitrogens is 1. The molecule has 3 aromatic carbocycles. The van der Waals surface area contributed by atoms with Crippen molar-refractivity contribution in [1.29, 1.82) is 0 Å². The molecule has 1 aliphatic heterocycles. The first-order valence-electron chi connectivity index (χ1n) is 10.7. The summed E-state index contributed by atoms with van der Waals surface area (Å²) in [5.74, 6) is 0.844. The molecule has 2 aromatic heterocycles. The smallest absolute Gasteiger partial charge is 0.137 e. The Morgan fingerprint density at radius 2 is 1.59 bits per heavy atom. The molecule has 5 aromatic rings. The van der Waals surface area contributed by atoms with Gasteiger partial charge in [0.1, 0.15) is 5.82 Å². The second-order valence-corrected chi connectivity index (χ2v) is 8.83. The molecule has 1 atom stereocenters. The van der Waals surface area contributed by atoms with Gasteiger partial charge in [0.25, 0.3) is 0 Å². The molecule has 3 heterocycles. The van der Waals surface area contributed by atoms with E-state index in [2.05, 4.69) is 101 Å². The average molecular weight is 432 g/mol. The van der Waals surface area contributed by atoms with Crippen molar-refractivity contribution in [2.45, 2.75) is 6.04 Å². The summed E-state index contributed by atoms with van der Waals surface area (Å²) >= 11 is 1.86. The molecule has 0 aliphatic carbocycles. The van der Waals surface area contributed by atoms with Gasteiger partial charge in [-0.15, -0.1) is 11.3 Å². The van der Waals surface area contributed by atoms with Gasteiger partial charge in [0.05, 0.1) is 6.04 Å². The lowest BCUT2D eigenvalue weighted by atomic mass is 10.00. The van der Waals surface area contributed by atoms with Gasteiger partial charge < -0.3 is 10.6 Å². The number of para-hydroxylation sites is 1. The largest absolute Gasteiger partial charge is 0.374 e. The fraction of sp³-hybridized carbons (Fsp3) is 0.0357. The Kier molecular flexibility index (Phi) is 4.70. The van der Waals surface area contributed by atoms with Gasteiger partial charge in [-0.3, -0.25) is 0 Å². The number of pyridine rings is 1. The molecule has 1 unspecified atom stereocenters. The fourth-order valence-electron chi connectivity index (χ4n) is 4.35. The fourth-order valence-corrected chi connectivity index (χ4v) is 5.61. The first kappa shape index (κ1) is 18.8. The van der Waals surface area contributed by atoms with Crippen molar-refractivity contribution in [3.8, 4) is 11.1 Å². The van der Waals surface area contributed by atoms with Crippen molar-refractivity contribution in [2.24, 2.45) is 0 Å². The SMILES string of the molecule is C1=C\C(c2cccc3c2sc2ccccc23)Nc2ccccc2-c2cccnc2N/C=C/1. The van der Waals surface area contributed by atoms with Crippen LogP contribution in [0.3, 0.4) is 0 Å². The molecule has 0 radical (unpaired) electrons. The zero-order chi connectivity index (χ0) is 21.3. The van der Waals surface area contributed by atoms with E-state index in [1.807, 2.05) is 35.9 Å². The van der Waals surface area contributed by atoms with Crippen molar-refractivity contribution in [3.63, 3.8) is 0 Å². The van der Waals surface area contributed by atoms with Crippen LogP contribution in [0.15, 0.2) is 109 Å². The summed E-state index contributed by atoms with van der Waals surface area (Å²) in [6, 6.07) is 27.8. The Hall–Kier alpha value is -3.89. The quantitative estimate of drug-likeness (QED) is 0.285. The molecule has 4 heteroatoms. The number of nitrogens with zero attached hydrogens (tertiary/aromatic N) is 1. The standard InChI is InChI=1S/C28H21N3S/c1-3-14-24-19(9-1)22-13-8-18-30-28(22)29-17-6-5-15-25(31-24)23-12-7-11-21-20-10-2-4-16-26(20)32-27(21)23/h1-18,25,31H,(H,29,30)/b15-5-,17-6+. The minimum Gasteiger partial charge on any atom is -0.374 e. The summed E-state index contributed by atoms with van der Waals surface area (Å²) in [7, 11) is 0. The second kappa shape index (κ2) is 7.98. The number of allylic oxidation sites excluding steroid dienone is 2. The van der Waals surface area contributed by atoms with Crippen LogP contribution in [0.25, 0.3) is 31.3 Å². The van der Waals surface area contributed by atoms with Gasteiger partial charge in [0.2, 0.25) is 0 Å². The number of nitrogens with one attached hydrogen (secondary N) is 2. The Labute approximate surface area is 190 Å². The summed E-state index contributed by atoms with van der Waals surface area (Å²) in [5, 5.41) is 9.79. The van der Waals surface area contributed by atoms with Crippen LogP contribution in [0.4, 0.5) is 11.5 Å². The highest BCUT2D eigenvalue weighted by atomic mass is 32.1. The highest BCUT2D eigenvalue weighted by molar-refractivity contribution is 7.26. The third-order valence-electron chi connectivity index (χ3n) is 5.84. The summed E-state index contributed by atoms with van der Waals surface area (Å²) in [5.41, 5.74) is 4.56. The summed E-state index contributed by atoms with van der Waals surface area (Å²) < 4.78 is 2.65. The van der Waals surface area contributed by atoms with Crippen LogP contribution in [0.2, 0.25) is 0 Å². The van der Waals surface area contributed by atoms with Gasteiger partial charge in [-0.25, -0.2) is 4.98 Å². The van der Waals surface area contributed by atoms with Gasteiger partial charge in [-0.1, -0.05) is 66.7 Å². The van der Waals surface area contributed by atoms with E-state index >= 15 is 0 Å². The van der Waals surface area contributed by atoms with Crippen molar-refractivity contribution in [1.82, 2.24) is 4.98 Å². The predicted molar refractivity (Wildman–Crippen MR) is 137 cm³/mol. The van der Waals surface area contributed by atoms with E-state index in [4.69, 9.17) is 0 Å². The monoisotopic (exact) mass is 431 g/mol. The number of thiophene rings is 1. The Balaban J connectivity index is 1.54. The molecule has 0 saturated heterocycles. The van der Waals surface area contributed by atoms with E-state index in [-0.39, 0.29) is 6.04 Å². The molecule has 3 nitrogen and oxygen atoms in total. The molecule has 1 aliphatic rings. The third kappa shape index (κ3) is 3.26. The number of rotatable bonds is 1. The van der Waals surface area contributed by atoms with Crippen molar-refractivity contribution >= 4 is 43.0 Å². The van der Waals surface area contributed by atoms with Gasteiger partial charge in [-0.05, 0) is 35.9 Å². The number of anilines is 2.